The second-order valence-electron chi connectivity index (χ2n) is 3.02. The minimum atomic E-state index is -0.350. The summed E-state index contributed by atoms with van der Waals surface area (Å²) in [4.78, 5) is 12.5. The van der Waals surface area contributed by atoms with Crippen LogP contribution in [0, 0.1) is 10.8 Å². The number of likely N-dealkylation sites (N-methyl/N-ethyl adjacent to an activating group) is 1. The first-order chi connectivity index (χ1) is 6.90. The van der Waals surface area contributed by atoms with E-state index in [0.717, 1.165) is 4.90 Å². The van der Waals surface area contributed by atoms with Gasteiger partial charge in [-0.25, -0.2) is 0 Å². The monoisotopic (exact) mass is 211 g/mol. The Balaban J connectivity index is 4.28. The molecule has 0 bridgehead atoms. The number of guanidine groups is 2. The van der Waals surface area contributed by atoms with Crippen molar-refractivity contribution in [1.82, 2.24) is 15.5 Å². The molecule has 6 nitrogen and oxygen atoms in total. The van der Waals surface area contributed by atoms with E-state index < -0.39 is 0 Å². The van der Waals surface area contributed by atoms with Crippen LogP contribution >= 0.6 is 0 Å². The highest BCUT2D eigenvalue weighted by Gasteiger charge is 2.14. The maximum absolute atomic E-state index is 11.4. The SMILES string of the molecule is C=C(C)C(=O)N(C)C(=N)NC(=N)NCC. The van der Waals surface area contributed by atoms with E-state index in [4.69, 9.17) is 10.8 Å². The molecule has 0 aliphatic carbocycles. The van der Waals surface area contributed by atoms with E-state index in [-0.39, 0.29) is 17.8 Å². The molecular formula is C9H17N5O. The van der Waals surface area contributed by atoms with E-state index in [1.54, 1.807) is 6.92 Å². The van der Waals surface area contributed by atoms with Gasteiger partial charge < -0.3 is 5.32 Å². The first-order valence-electron chi connectivity index (χ1n) is 4.51. The van der Waals surface area contributed by atoms with E-state index in [9.17, 15) is 4.79 Å². The van der Waals surface area contributed by atoms with Gasteiger partial charge in [0.05, 0.1) is 0 Å². The quantitative estimate of drug-likeness (QED) is 0.296. The molecule has 0 unspecified atom stereocenters. The third-order valence-electron chi connectivity index (χ3n) is 1.60. The smallest absolute Gasteiger partial charge is 0.255 e. The van der Waals surface area contributed by atoms with E-state index >= 15 is 0 Å². The Morgan fingerprint density at radius 3 is 2.40 bits per heavy atom. The number of nitrogens with zero attached hydrogens (tertiary/aromatic N) is 1. The van der Waals surface area contributed by atoms with Crippen LogP contribution in [0.25, 0.3) is 0 Å². The lowest BCUT2D eigenvalue weighted by molar-refractivity contribution is -0.122. The molecule has 0 aliphatic rings. The van der Waals surface area contributed by atoms with Crippen molar-refractivity contribution in [1.29, 1.82) is 10.8 Å². The Kier molecular flexibility index (Phi) is 5.08. The first-order valence-corrected chi connectivity index (χ1v) is 4.51. The van der Waals surface area contributed by atoms with Crippen LogP contribution in [-0.2, 0) is 4.79 Å². The molecule has 4 N–H and O–H groups in total. The summed E-state index contributed by atoms with van der Waals surface area (Å²) >= 11 is 0. The average molecular weight is 211 g/mol. The third kappa shape index (κ3) is 4.26. The highest BCUT2D eigenvalue weighted by Crippen LogP contribution is 1.94. The van der Waals surface area contributed by atoms with Crippen molar-refractivity contribution in [3.63, 3.8) is 0 Å². The molecule has 0 rings (SSSR count). The van der Waals surface area contributed by atoms with Gasteiger partial charge in [-0.3, -0.25) is 25.8 Å². The standard InChI is InChI=1S/C9H17N5O/c1-5-12-8(10)13-9(11)14(4)7(15)6(2)3/h2,5H2,1,3-4H3,(H4,10,11,12,13). The van der Waals surface area contributed by atoms with Crippen LogP contribution < -0.4 is 10.6 Å². The number of carbonyl (C=O) groups is 1. The molecule has 0 radical (unpaired) electrons. The van der Waals surface area contributed by atoms with Crippen molar-refractivity contribution in [3.8, 4) is 0 Å². The van der Waals surface area contributed by atoms with Gasteiger partial charge in [0.2, 0.25) is 5.96 Å². The molecule has 84 valence electrons. The fraction of sp³-hybridized carbons (Fsp3) is 0.444. The molecular weight excluding hydrogens is 194 g/mol. The van der Waals surface area contributed by atoms with E-state index in [1.165, 1.54) is 7.05 Å². The van der Waals surface area contributed by atoms with Crippen LogP contribution in [0.1, 0.15) is 13.8 Å². The van der Waals surface area contributed by atoms with Gasteiger partial charge in [0.1, 0.15) is 0 Å². The van der Waals surface area contributed by atoms with E-state index in [0.29, 0.717) is 12.1 Å². The molecule has 0 aromatic rings. The Hall–Kier alpha value is -1.85. The minimum absolute atomic E-state index is 0.0103. The Morgan fingerprint density at radius 2 is 2.00 bits per heavy atom. The summed E-state index contributed by atoms with van der Waals surface area (Å²) in [6.45, 7) is 7.48. The number of hydrogen-bond acceptors (Lipinski definition) is 3. The van der Waals surface area contributed by atoms with Crippen LogP contribution in [0.3, 0.4) is 0 Å². The predicted molar refractivity (Wildman–Crippen MR) is 59.8 cm³/mol. The van der Waals surface area contributed by atoms with Gasteiger partial charge in [-0.2, -0.15) is 0 Å². The van der Waals surface area contributed by atoms with Gasteiger partial charge in [-0.1, -0.05) is 6.58 Å². The van der Waals surface area contributed by atoms with Gasteiger partial charge >= 0.3 is 0 Å². The normalized spacial score (nSPS) is 9.00. The Morgan fingerprint density at radius 1 is 1.47 bits per heavy atom. The summed E-state index contributed by atoms with van der Waals surface area (Å²) in [5.41, 5.74) is 0.346. The Labute approximate surface area is 89.4 Å². The van der Waals surface area contributed by atoms with Crippen LogP contribution in [-0.4, -0.2) is 36.3 Å². The fourth-order valence-corrected chi connectivity index (χ4v) is 0.811. The molecule has 15 heavy (non-hydrogen) atoms. The third-order valence-corrected chi connectivity index (χ3v) is 1.60. The number of amides is 1. The van der Waals surface area contributed by atoms with Gasteiger partial charge in [-0.05, 0) is 13.8 Å². The van der Waals surface area contributed by atoms with Crippen molar-refractivity contribution in [3.05, 3.63) is 12.2 Å². The molecule has 1 amide bonds. The van der Waals surface area contributed by atoms with Crippen LogP contribution in [0.5, 0.6) is 0 Å². The summed E-state index contributed by atoms with van der Waals surface area (Å²) in [5.74, 6) is -0.519. The van der Waals surface area contributed by atoms with Crippen LogP contribution in [0.2, 0.25) is 0 Å². The van der Waals surface area contributed by atoms with Crippen molar-refractivity contribution in [2.24, 2.45) is 0 Å². The number of rotatable bonds is 2. The summed E-state index contributed by atoms with van der Waals surface area (Å²) in [6.07, 6.45) is 0. The second kappa shape index (κ2) is 5.79. The largest absolute Gasteiger partial charge is 0.357 e. The Bertz CT molecular complexity index is 297. The zero-order valence-corrected chi connectivity index (χ0v) is 9.27. The van der Waals surface area contributed by atoms with E-state index in [2.05, 4.69) is 17.2 Å². The molecule has 0 spiro atoms. The van der Waals surface area contributed by atoms with Crippen molar-refractivity contribution >= 4 is 17.8 Å². The predicted octanol–water partition coefficient (Wildman–Crippen LogP) is 0.0895. The maximum Gasteiger partial charge on any atom is 0.255 e. The highest BCUT2D eigenvalue weighted by molar-refractivity contribution is 6.07. The highest BCUT2D eigenvalue weighted by atomic mass is 16.2. The van der Waals surface area contributed by atoms with Gasteiger partial charge in [0.15, 0.2) is 5.96 Å². The number of carbonyl (C=O) groups excluding carboxylic acids is 1. The average Bonchev–Trinajstić information content (AvgIpc) is 2.15. The number of nitrogens with one attached hydrogen (secondary N) is 4. The zero-order chi connectivity index (χ0) is 12.0. The van der Waals surface area contributed by atoms with Gasteiger partial charge in [0.25, 0.3) is 5.91 Å². The molecule has 6 heteroatoms. The first kappa shape index (κ1) is 13.2. The molecule has 0 heterocycles. The maximum atomic E-state index is 11.4. The molecule has 0 atom stereocenters. The molecule has 0 saturated carbocycles. The van der Waals surface area contributed by atoms with Crippen molar-refractivity contribution < 1.29 is 4.79 Å². The summed E-state index contributed by atoms with van der Waals surface area (Å²) < 4.78 is 0. The topological polar surface area (TPSA) is 92.1 Å². The van der Waals surface area contributed by atoms with Gasteiger partial charge in [0, 0.05) is 19.2 Å². The van der Waals surface area contributed by atoms with E-state index in [1.807, 2.05) is 6.92 Å². The second-order valence-corrected chi connectivity index (χ2v) is 3.02. The van der Waals surface area contributed by atoms with Crippen LogP contribution in [0.15, 0.2) is 12.2 Å². The lowest BCUT2D eigenvalue weighted by atomic mass is 10.3. The summed E-state index contributed by atoms with van der Waals surface area (Å²) in [6, 6.07) is 0. The summed E-state index contributed by atoms with van der Waals surface area (Å²) in [5, 5.41) is 19.9. The molecule has 0 aromatic carbocycles. The molecule has 0 aromatic heterocycles. The minimum Gasteiger partial charge on any atom is -0.357 e. The van der Waals surface area contributed by atoms with Crippen molar-refractivity contribution in [2.75, 3.05) is 13.6 Å². The zero-order valence-electron chi connectivity index (χ0n) is 9.27. The van der Waals surface area contributed by atoms with Crippen LogP contribution in [0.4, 0.5) is 0 Å². The molecule has 0 aliphatic heterocycles. The lowest BCUT2D eigenvalue weighted by Gasteiger charge is -2.19. The lowest BCUT2D eigenvalue weighted by Crippen LogP contribution is -2.48. The molecule has 0 fully saturated rings. The fourth-order valence-electron chi connectivity index (χ4n) is 0.811. The molecule has 0 saturated heterocycles. The number of hydrogen-bond donors (Lipinski definition) is 4. The van der Waals surface area contributed by atoms with Crippen molar-refractivity contribution in [2.45, 2.75) is 13.8 Å². The summed E-state index contributed by atoms with van der Waals surface area (Å²) in [7, 11) is 1.45. The van der Waals surface area contributed by atoms with Gasteiger partial charge in [-0.15, -0.1) is 0 Å².